The van der Waals surface area contributed by atoms with Gasteiger partial charge in [-0.25, -0.2) is 0 Å². The van der Waals surface area contributed by atoms with Crippen molar-refractivity contribution in [2.45, 2.75) is 26.3 Å². The summed E-state index contributed by atoms with van der Waals surface area (Å²) in [5.74, 6) is -0.554. The molecule has 0 atom stereocenters. The first-order chi connectivity index (χ1) is 5.94. The minimum absolute atomic E-state index is 0.204. The average molecular weight is 184 g/mol. The summed E-state index contributed by atoms with van der Waals surface area (Å²) in [6.45, 7) is 8.95. The van der Waals surface area contributed by atoms with Crippen molar-refractivity contribution in [3.63, 3.8) is 0 Å². The summed E-state index contributed by atoms with van der Waals surface area (Å²) >= 11 is 0. The van der Waals surface area contributed by atoms with E-state index < -0.39 is 5.54 Å². The van der Waals surface area contributed by atoms with E-state index in [-0.39, 0.29) is 11.8 Å². The van der Waals surface area contributed by atoms with Gasteiger partial charge < -0.3 is 10.6 Å². The lowest BCUT2D eigenvalue weighted by Crippen LogP contribution is -2.54. The number of hydrogen-bond acceptors (Lipinski definition) is 2. The van der Waals surface area contributed by atoms with Gasteiger partial charge in [-0.05, 0) is 26.8 Å². The van der Waals surface area contributed by atoms with Crippen molar-refractivity contribution in [1.29, 1.82) is 0 Å². The number of nitrogens with one attached hydrogen (secondary N) is 2. The van der Waals surface area contributed by atoms with Crippen molar-refractivity contribution >= 4 is 11.8 Å². The predicted molar refractivity (Wildman–Crippen MR) is 51.1 cm³/mol. The van der Waals surface area contributed by atoms with Gasteiger partial charge in [-0.15, -0.1) is 0 Å². The topological polar surface area (TPSA) is 58.2 Å². The van der Waals surface area contributed by atoms with Crippen LogP contribution in [0.4, 0.5) is 0 Å². The SMILES string of the molecule is C=CC(=O)NC(C)(C)C(=O)NCC. The fourth-order valence-electron chi connectivity index (χ4n) is 0.797. The molecule has 0 aromatic rings. The molecule has 2 amide bonds. The van der Waals surface area contributed by atoms with Crippen LogP contribution < -0.4 is 10.6 Å². The maximum absolute atomic E-state index is 11.4. The highest BCUT2D eigenvalue weighted by atomic mass is 16.2. The predicted octanol–water partition coefficient (Wildman–Crippen LogP) is 0.203. The minimum Gasteiger partial charge on any atom is -0.354 e. The molecule has 0 fully saturated rings. The summed E-state index contributed by atoms with van der Waals surface area (Å²) < 4.78 is 0. The van der Waals surface area contributed by atoms with Gasteiger partial charge in [-0.2, -0.15) is 0 Å². The van der Waals surface area contributed by atoms with Gasteiger partial charge in [-0.1, -0.05) is 6.58 Å². The third kappa shape index (κ3) is 3.73. The van der Waals surface area contributed by atoms with Gasteiger partial charge in [0.15, 0.2) is 0 Å². The van der Waals surface area contributed by atoms with Crippen molar-refractivity contribution in [1.82, 2.24) is 10.6 Å². The summed E-state index contributed by atoms with van der Waals surface area (Å²) in [5.41, 5.74) is -0.888. The molecule has 0 saturated carbocycles. The fraction of sp³-hybridized carbons (Fsp3) is 0.556. The molecule has 0 heterocycles. The molecule has 0 bridgehead atoms. The molecule has 0 unspecified atom stereocenters. The molecule has 13 heavy (non-hydrogen) atoms. The Morgan fingerprint density at radius 3 is 2.38 bits per heavy atom. The first-order valence-corrected chi connectivity index (χ1v) is 4.17. The van der Waals surface area contributed by atoms with E-state index in [4.69, 9.17) is 0 Å². The zero-order valence-corrected chi connectivity index (χ0v) is 8.31. The molecular formula is C9H16N2O2. The van der Waals surface area contributed by atoms with Crippen LogP contribution in [-0.2, 0) is 9.59 Å². The van der Waals surface area contributed by atoms with Crippen molar-refractivity contribution in [3.8, 4) is 0 Å². The van der Waals surface area contributed by atoms with Crippen LogP contribution in [0.25, 0.3) is 0 Å². The Bertz CT molecular complexity index is 222. The van der Waals surface area contributed by atoms with E-state index in [9.17, 15) is 9.59 Å². The summed E-state index contributed by atoms with van der Waals surface area (Å²) in [6.07, 6.45) is 1.14. The Morgan fingerprint density at radius 2 is 2.00 bits per heavy atom. The number of hydrogen-bond donors (Lipinski definition) is 2. The van der Waals surface area contributed by atoms with Crippen molar-refractivity contribution in [2.75, 3.05) is 6.54 Å². The van der Waals surface area contributed by atoms with Crippen LogP contribution in [0.3, 0.4) is 0 Å². The quantitative estimate of drug-likeness (QED) is 0.613. The number of rotatable bonds is 4. The number of carbonyl (C=O) groups excluding carboxylic acids is 2. The van der Waals surface area contributed by atoms with E-state index in [1.54, 1.807) is 13.8 Å². The van der Waals surface area contributed by atoms with Crippen molar-refractivity contribution in [2.24, 2.45) is 0 Å². The normalized spacial score (nSPS) is 10.4. The van der Waals surface area contributed by atoms with Crippen LogP contribution in [0, 0.1) is 0 Å². The maximum Gasteiger partial charge on any atom is 0.245 e. The van der Waals surface area contributed by atoms with Gasteiger partial charge in [0.25, 0.3) is 0 Å². The molecule has 74 valence electrons. The molecule has 0 aliphatic heterocycles. The van der Waals surface area contributed by atoms with Gasteiger partial charge in [0, 0.05) is 6.54 Å². The smallest absolute Gasteiger partial charge is 0.245 e. The van der Waals surface area contributed by atoms with Crippen LogP contribution >= 0.6 is 0 Å². The zero-order chi connectivity index (χ0) is 10.5. The van der Waals surface area contributed by atoms with E-state index in [0.717, 1.165) is 6.08 Å². The molecule has 0 spiro atoms. The van der Waals surface area contributed by atoms with Crippen LogP contribution in [0.2, 0.25) is 0 Å². The van der Waals surface area contributed by atoms with Crippen LogP contribution in [0.1, 0.15) is 20.8 Å². The third-order valence-electron chi connectivity index (χ3n) is 1.53. The van der Waals surface area contributed by atoms with Crippen LogP contribution in [0.15, 0.2) is 12.7 Å². The van der Waals surface area contributed by atoms with Crippen molar-refractivity contribution < 1.29 is 9.59 Å². The molecule has 0 aliphatic carbocycles. The lowest BCUT2D eigenvalue weighted by atomic mass is 10.0. The molecule has 4 heteroatoms. The van der Waals surface area contributed by atoms with Gasteiger partial charge >= 0.3 is 0 Å². The highest BCUT2D eigenvalue weighted by Gasteiger charge is 2.27. The highest BCUT2D eigenvalue weighted by molar-refractivity contribution is 5.94. The first kappa shape index (κ1) is 11.7. The summed E-state index contributed by atoms with van der Waals surface area (Å²) in [5, 5.41) is 5.15. The summed E-state index contributed by atoms with van der Waals surface area (Å²) in [4.78, 5) is 22.3. The van der Waals surface area contributed by atoms with E-state index in [0.29, 0.717) is 6.54 Å². The van der Waals surface area contributed by atoms with Gasteiger partial charge in [0.2, 0.25) is 11.8 Å². The zero-order valence-electron chi connectivity index (χ0n) is 8.31. The standard InChI is InChI=1S/C9H16N2O2/c1-5-7(12)11-9(3,4)8(13)10-6-2/h5H,1,6H2,2-4H3,(H,10,13)(H,11,12). The van der Waals surface area contributed by atoms with Gasteiger partial charge in [0.05, 0.1) is 0 Å². The molecule has 0 aliphatic rings. The minimum atomic E-state index is -0.888. The Kier molecular flexibility index (Phi) is 4.17. The maximum atomic E-state index is 11.4. The monoisotopic (exact) mass is 184 g/mol. The van der Waals surface area contributed by atoms with Crippen LogP contribution in [0.5, 0.6) is 0 Å². The summed E-state index contributed by atoms with van der Waals surface area (Å²) in [6, 6.07) is 0. The fourth-order valence-corrected chi connectivity index (χ4v) is 0.797. The van der Waals surface area contributed by atoms with Gasteiger partial charge in [0.1, 0.15) is 5.54 Å². The molecular weight excluding hydrogens is 168 g/mol. The number of amides is 2. The second-order valence-corrected chi connectivity index (χ2v) is 3.18. The van der Waals surface area contributed by atoms with Gasteiger partial charge in [-0.3, -0.25) is 9.59 Å². The van der Waals surface area contributed by atoms with E-state index >= 15 is 0 Å². The Labute approximate surface area is 78.4 Å². The number of carbonyl (C=O) groups is 2. The van der Waals surface area contributed by atoms with E-state index in [1.807, 2.05) is 6.92 Å². The molecule has 2 N–H and O–H groups in total. The van der Waals surface area contributed by atoms with Crippen molar-refractivity contribution in [3.05, 3.63) is 12.7 Å². The first-order valence-electron chi connectivity index (χ1n) is 4.17. The summed E-state index contributed by atoms with van der Waals surface area (Å²) in [7, 11) is 0. The molecule has 0 aromatic carbocycles. The van der Waals surface area contributed by atoms with E-state index in [2.05, 4.69) is 17.2 Å². The molecule has 0 radical (unpaired) electrons. The Balaban J connectivity index is 4.29. The second-order valence-electron chi connectivity index (χ2n) is 3.18. The molecule has 0 rings (SSSR count). The average Bonchev–Trinajstić information content (AvgIpc) is 2.04. The van der Waals surface area contributed by atoms with E-state index in [1.165, 1.54) is 0 Å². The Hall–Kier alpha value is -1.32. The lowest BCUT2D eigenvalue weighted by Gasteiger charge is -2.23. The molecule has 4 nitrogen and oxygen atoms in total. The molecule has 0 aromatic heterocycles. The van der Waals surface area contributed by atoms with Crippen LogP contribution in [-0.4, -0.2) is 23.9 Å². The number of likely N-dealkylation sites (N-methyl/N-ethyl adjacent to an activating group) is 1. The highest BCUT2D eigenvalue weighted by Crippen LogP contribution is 2.01. The Morgan fingerprint density at radius 1 is 1.46 bits per heavy atom. The third-order valence-corrected chi connectivity index (χ3v) is 1.53. The largest absolute Gasteiger partial charge is 0.354 e. The lowest BCUT2D eigenvalue weighted by molar-refractivity contribution is -0.130. The second kappa shape index (κ2) is 4.64. The molecule has 0 saturated heterocycles.